The van der Waals surface area contributed by atoms with Crippen LogP contribution >= 0.6 is 0 Å². The van der Waals surface area contributed by atoms with Crippen molar-refractivity contribution >= 4 is 22.5 Å². The molecule has 1 atom stereocenters. The molecular weight excluding hydrogens is 308 g/mol. The van der Waals surface area contributed by atoms with Crippen LogP contribution in [-0.2, 0) is 4.79 Å². The molecular formula is C18H14N2O4. The number of carboxylic acids is 1. The van der Waals surface area contributed by atoms with Gasteiger partial charge in [-0.25, -0.2) is 4.98 Å². The fourth-order valence-electron chi connectivity index (χ4n) is 2.45. The number of rotatable bonds is 4. The lowest BCUT2D eigenvalue weighted by Gasteiger charge is -2.10. The van der Waals surface area contributed by atoms with Crippen LogP contribution in [0.25, 0.3) is 21.9 Å². The number of Topliss-reactive ketones (excluding diaryl/α,β-unsaturated/α-hetero) is 1. The second-order valence-corrected chi connectivity index (χ2v) is 5.30. The zero-order valence-corrected chi connectivity index (χ0v) is 12.5. The topological polar surface area (TPSA) is 114 Å². The molecule has 0 radical (unpaired) electrons. The molecule has 0 spiro atoms. The second-order valence-electron chi connectivity index (χ2n) is 5.30. The van der Waals surface area contributed by atoms with E-state index < -0.39 is 17.8 Å². The number of carboxylic acid groups (broad SMARTS) is 1. The summed E-state index contributed by atoms with van der Waals surface area (Å²) in [6.45, 7) is 0. The number of fused-ring (bicyclic) bond motifs is 1. The zero-order chi connectivity index (χ0) is 17.3. The summed E-state index contributed by atoms with van der Waals surface area (Å²) in [5, 5.41) is 20.3. The number of ketones is 1. The molecule has 6 nitrogen and oxygen atoms in total. The van der Waals surface area contributed by atoms with Crippen molar-refractivity contribution < 1.29 is 19.8 Å². The minimum Gasteiger partial charge on any atom is -0.505 e. The lowest BCUT2D eigenvalue weighted by molar-refractivity contribution is -0.137. The Bertz CT molecular complexity index is 938. The third kappa shape index (κ3) is 2.70. The molecule has 0 fully saturated rings. The van der Waals surface area contributed by atoms with Crippen molar-refractivity contribution in [3.05, 3.63) is 60.4 Å². The molecule has 0 aliphatic carbocycles. The van der Waals surface area contributed by atoms with E-state index in [-0.39, 0.29) is 11.4 Å². The minimum atomic E-state index is -1.77. The van der Waals surface area contributed by atoms with Gasteiger partial charge in [-0.2, -0.15) is 0 Å². The molecule has 0 aliphatic rings. The Morgan fingerprint density at radius 2 is 1.75 bits per heavy atom. The van der Waals surface area contributed by atoms with Crippen LogP contribution in [0.1, 0.15) is 10.5 Å². The molecule has 4 N–H and O–H groups in total. The first-order chi connectivity index (χ1) is 11.5. The van der Waals surface area contributed by atoms with Gasteiger partial charge in [0, 0.05) is 17.0 Å². The first kappa shape index (κ1) is 15.6. The fourth-order valence-corrected chi connectivity index (χ4v) is 2.45. The summed E-state index contributed by atoms with van der Waals surface area (Å²) >= 11 is 0. The van der Waals surface area contributed by atoms with E-state index in [1.165, 1.54) is 6.20 Å². The SMILES string of the molecule is NC(C(=O)O)C(=O)c1ncc2ccc(-c3ccccc3)cc2c1O. The minimum absolute atomic E-state index is 0.345. The summed E-state index contributed by atoms with van der Waals surface area (Å²) in [6, 6.07) is 13.1. The molecule has 1 aromatic heterocycles. The Balaban J connectivity index is 2.14. The van der Waals surface area contributed by atoms with Crippen molar-refractivity contribution in [2.24, 2.45) is 5.73 Å². The molecule has 0 bridgehead atoms. The molecule has 0 saturated heterocycles. The number of nitrogens with two attached hydrogens (primary N) is 1. The Kier molecular flexibility index (Phi) is 3.97. The van der Waals surface area contributed by atoms with Crippen molar-refractivity contribution in [3.8, 4) is 16.9 Å². The normalized spacial score (nSPS) is 12.0. The average molecular weight is 322 g/mol. The third-order valence-electron chi connectivity index (χ3n) is 3.75. The smallest absolute Gasteiger partial charge is 0.328 e. The van der Waals surface area contributed by atoms with E-state index in [0.29, 0.717) is 10.8 Å². The molecule has 24 heavy (non-hydrogen) atoms. The molecule has 0 saturated carbocycles. The van der Waals surface area contributed by atoms with Gasteiger partial charge in [-0.05, 0) is 17.2 Å². The lowest BCUT2D eigenvalue weighted by Crippen LogP contribution is -2.38. The van der Waals surface area contributed by atoms with E-state index in [9.17, 15) is 14.7 Å². The number of carbonyl (C=O) groups excluding carboxylic acids is 1. The zero-order valence-electron chi connectivity index (χ0n) is 12.5. The predicted octanol–water partition coefficient (Wildman–Crippen LogP) is 2.20. The van der Waals surface area contributed by atoms with Crippen LogP contribution in [0.3, 0.4) is 0 Å². The summed E-state index contributed by atoms with van der Waals surface area (Å²) < 4.78 is 0. The number of nitrogens with zero attached hydrogens (tertiary/aromatic N) is 1. The Hall–Kier alpha value is -3.25. The van der Waals surface area contributed by atoms with E-state index in [2.05, 4.69) is 4.98 Å². The largest absolute Gasteiger partial charge is 0.505 e. The summed E-state index contributed by atoms with van der Waals surface area (Å²) in [5.74, 6) is -2.78. The van der Waals surface area contributed by atoms with Crippen LogP contribution in [-0.4, -0.2) is 33.0 Å². The first-order valence-electron chi connectivity index (χ1n) is 7.19. The van der Waals surface area contributed by atoms with Gasteiger partial charge in [0.15, 0.2) is 17.5 Å². The third-order valence-corrected chi connectivity index (χ3v) is 3.75. The Morgan fingerprint density at radius 1 is 1.04 bits per heavy atom. The van der Waals surface area contributed by atoms with Crippen molar-refractivity contribution in [2.75, 3.05) is 0 Å². The highest BCUT2D eigenvalue weighted by Crippen LogP contribution is 2.31. The van der Waals surface area contributed by atoms with Gasteiger partial charge in [-0.15, -0.1) is 0 Å². The monoisotopic (exact) mass is 322 g/mol. The van der Waals surface area contributed by atoms with Gasteiger partial charge in [0.2, 0.25) is 5.78 Å². The molecule has 3 aromatic rings. The fraction of sp³-hybridized carbons (Fsp3) is 0.0556. The standard InChI is InChI=1S/C18H14N2O4/c19-14(18(23)24)17(22)15-16(21)13-8-11(6-7-12(13)9-20-15)10-4-2-1-3-5-10/h1-9,14,21H,19H2,(H,23,24). The lowest BCUT2D eigenvalue weighted by atomic mass is 10.00. The Morgan fingerprint density at radius 3 is 2.42 bits per heavy atom. The molecule has 2 aromatic carbocycles. The highest BCUT2D eigenvalue weighted by Gasteiger charge is 2.27. The Labute approximate surface area is 137 Å². The first-order valence-corrected chi connectivity index (χ1v) is 7.19. The van der Waals surface area contributed by atoms with Crippen LogP contribution in [0.5, 0.6) is 5.75 Å². The number of benzene rings is 2. The number of hydrogen-bond donors (Lipinski definition) is 3. The maximum Gasteiger partial charge on any atom is 0.328 e. The van der Waals surface area contributed by atoms with Crippen LogP contribution in [0.15, 0.2) is 54.7 Å². The number of aliphatic carboxylic acids is 1. The number of hydrogen-bond acceptors (Lipinski definition) is 5. The van der Waals surface area contributed by atoms with E-state index in [1.807, 2.05) is 36.4 Å². The van der Waals surface area contributed by atoms with E-state index in [1.54, 1.807) is 12.1 Å². The number of aromatic hydroxyl groups is 1. The van der Waals surface area contributed by atoms with Crippen LogP contribution in [0.4, 0.5) is 0 Å². The molecule has 120 valence electrons. The average Bonchev–Trinajstić information content (AvgIpc) is 2.61. The van der Waals surface area contributed by atoms with Crippen molar-refractivity contribution in [2.45, 2.75) is 6.04 Å². The van der Waals surface area contributed by atoms with Crippen LogP contribution in [0, 0.1) is 0 Å². The molecule has 1 unspecified atom stereocenters. The number of pyridine rings is 1. The van der Waals surface area contributed by atoms with Gasteiger partial charge >= 0.3 is 5.97 Å². The van der Waals surface area contributed by atoms with Gasteiger partial charge < -0.3 is 15.9 Å². The van der Waals surface area contributed by atoms with Gasteiger partial charge in [0.05, 0.1) is 0 Å². The maximum absolute atomic E-state index is 12.1. The van der Waals surface area contributed by atoms with Crippen LogP contribution < -0.4 is 5.73 Å². The number of carbonyl (C=O) groups is 2. The molecule has 6 heteroatoms. The van der Waals surface area contributed by atoms with Crippen molar-refractivity contribution in [1.29, 1.82) is 0 Å². The number of aromatic nitrogens is 1. The highest BCUT2D eigenvalue weighted by molar-refractivity contribution is 6.13. The highest BCUT2D eigenvalue weighted by atomic mass is 16.4. The van der Waals surface area contributed by atoms with Gasteiger partial charge in [-0.1, -0.05) is 42.5 Å². The van der Waals surface area contributed by atoms with Gasteiger partial charge in [-0.3, -0.25) is 9.59 Å². The van der Waals surface area contributed by atoms with Crippen LogP contribution in [0.2, 0.25) is 0 Å². The molecule has 1 heterocycles. The quantitative estimate of drug-likeness (QED) is 0.501. The van der Waals surface area contributed by atoms with E-state index in [0.717, 1.165) is 11.1 Å². The van der Waals surface area contributed by atoms with Gasteiger partial charge in [0.25, 0.3) is 0 Å². The molecule has 0 amide bonds. The predicted molar refractivity (Wildman–Crippen MR) is 88.8 cm³/mol. The van der Waals surface area contributed by atoms with Crippen molar-refractivity contribution in [3.63, 3.8) is 0 Å². The van der Waals surface area contributed by atoms with Crippen molar-refractivity contribution in [1.82, 2.24) is 4.98 Å². The van der Waals surface area contributed by atoms with E-state index in [4.69, 9.17) is 10.8 Å². The molecule has 3 rings (SSSR count). The summed E-state index contributed by atoms with van der Waals surface area (Å²) in [4.78, 5) is 26.8. The van der Waals surface area contributed by atoms with Gasteiger partial charge in [0.1, 0.15) is 0 Å². The molecule has 0 aliphatic heterocycles. The maximum atomic E-state index is 12.1. The summed E-state index contributed by atoms with van der Waals surface area (Å²) in [7, 11) is 0. The summed E-state index contributed by atoms with van der Waals surface area (Å²) in [5.41, 5.74) is 6.78. The summed E-state index contributed by atoms with van der Waals surface area (Å²) in [6.07, 6.45) is 1.41. The van der Waals surface area contributed by atoms with E-state index >= 15 is 0 Å². The second kappa shape index (κ2) is 6.10.